The molecule has 1 saturated carbocycles. The number of hydrogen-bond donors (Lipinski definition) is 1. The van der Waals surface area contributed by atoms with Crippen molar-refractivity contribution in [2.24, 2.45) is 11.7 Å². The predicted molar refractivity (Wildman–Crippen MR) is 97.9 cm³/mol. The standard InChI is InChI=1S/C18H30ClNOSi/c1-17(2,3)22(4,5)21-13-15(18(20)10-11-18)12-14-6-8-16(19)9-7-14/h6-9,15H,10-13,20H2,1-5H3. The van der Waals surface area contributed by atoms with E-state index in [2.05, 4.69) is 46.0 Å². The van der Waals surface area contributed by atoms with Crippen LogP contribution in [0.5, 0.6) is 0 Å². The molecule has 1 aromatic rings. The summed E-state index contributed by atoms with van der Waals surface area (Å²) in [6.07, 6.45) is 3.21. The highest BCUT2D eigenvalue weighted by Crippen LogP contribution is 2.43. The first-order valence-electron chi connectivity index (χ1n) is 8.21. The molecule has 124 valence electrons. The first-order chi connectivity index (χ1) is 10.0. The first kappa shape index (κ1) is 18.0. The van der Waals surface area contributed by atoms with E-state index in [1.54, 1.807) is 0 Å². The largest absolute Gasteiger partial charge is 0.416 e. The van der Waals surface area contributed by atoms with E-state index in [0.29, 0.717) is 5.92 Å². The highest BCUT2D eigenvalue weighted by atomic mass is 35.5. The number of rotatable bonds is 6. The van der Waals surface area contributed by atoms with Crippen molar-refractivity contribution < 1.29 is 4.43 Å². The van der Waals surface area contributed by atoms with Crippen LogP contribution in [0.3, 0.4) is 0 Å². The molecule has 0 bridgehead atoms. The fraction of sp³-hybridized carbons (Fsp3) is 0.667. The minimum atomic E-state index is -1.72. The van der Waals surface area contributed by atoms with Crippen LogP contribution in [0.15, 0.2) is 24.3 Å². The molecule has 1 aliphatic rings. The molecule has 0 aromatic heterocycles. The maximum Gasteiger partial charge on any atom is 0.191 e. The monoisotopic (exact) mass is 339 g/mol. The molecule has 0 heterocycles. The van der Waals surface area contributed by atoms with Gasteiger partial charge in [-0.05, 0) is 55.1 Å². The van der Waals surface area contributed by atoms with Crippen LogP contribution < -0.4 is 5.73 Å². The Labute approximate surface area is 141 Å². The summed E-state index contributed by atoms with van der Waals surface area (Å²) in [6, 6.07) is 8.12. The summed E-state index contributed by atoms with van der Waals surface area (Å²) in [5.74, 6) is 0.391. The van der Waals surface area contributed by atoms with Gasteiger partial charge in [0.1, 0.15) is 0 Å². The van der Waals surface area contributed by atoms with Gasteiger partial charge in [-0.25, -0.2) is 0 Å². The number of halogens is 1. The summed E-state index contributed by atoms with van der Waals surface area (Å²) < 4.78 is 6.45. The molecule has 1 aromatic carbocycles. The van der Waals surface area contributed by atoms with E-state index in [1.165, 1.54) is 5.56 Å². The van der Waals surface area contributed by atoms with Crippen LogP contribution in [0.4, 0.5) is 0 Å². The average molecular weight is 340 g/mol. The lowest BCUT2D eigenvalue weighted by Crippen LogP contribution is -2.45. The fourth-order valence-corrected chi connectivity index (χ4v) is 3.59. The van der Waals surface area contributed by atoms with Gasteiger partial charge in [0.15, 0.2) is 8.32 Å². The van der Waals surface area contributed by atoms with E-state index >= 15 is 0 Å². The van der Waals surface area contributed by atoms with Crippen LogP contribution in [0.1, 0.15) is 39.2 Å². The molecule has 1 aliphatic carbocycles. The van der Waals surface area contributed by atoms with Gasteiger partial charge in [-0.1, -0.05) is 44.5 Å². The SMILES string of the molecule is CC(C)(C)[Si](C)(C)OCC(Cc1ccc(Cl)cc1)C1(N)CC1. The van der Waals surface area contributed by atoms with Crippen molar-refractivity contribution in [3.05, 3.63) is 34.9 Å². The molecule has 1 unspecified atom stereocenters. The van der Waals surface area contributed by atoms with E-state index in [4.69, 9.17) is 21.8 Å². The Balaban J connectivity index is 2.04. The Kier molecular flexibility index (Phi) is 5.13. The van der Waals surface area contributed by atoms with Gasteiger partial charge in [-0.15, -0.1) is 0 Å². The fourth-order valence-electron chi connectivity index (χ4n) is 2.41. The van der Waals surface area contributed by atoms with Crippen molar-refractivity contribution in [3.8, 4) is 0 Å². The average Bonchev–Trinajstić information content (AvgIpc) is 3.14. The molecule has 22 heavy (non-hydrogen) atoms. The zero-order valence-electron chi connectivity index (χ0n) is 14.6. The molecule has 2 nitrogen and oxygen atoms in total. The summed E-state index contributed by atoms with van der Waals surface area (Å²) in [7, 11) is -1.72. The Hall–Kier alpha value is -0.353. The molecule has 1 fully saturated rings. The topological polar surface area (TPSA) is 35.2 Å². The zero-order valence-corrected chi connectivity index (χ0v) is 16.3. The number of hydrogen-bond acceptors (Lipinski definition) is 2. The molecule has 1 atom stereocenters. The second-order valence-corrected chi connectivity index (χ2v) is 13.6. The molecular weight excluding hydrogens is 310 g/mol. The lowest BCUT2D eigenvalue weighted by molar-refractivity contribution is 0.199. The minimum absolute atomic E-state index is 0.0258. The van der Waals surface area contributed by atoms with Crippen LogP contribution in [-0.2, 0) is 10.8 Å². The summed E-state index contributed by atoms with van der Waals surface area (Å²) in [5, 5.41) is 1.02. The van der Waals surface area contributed by atoms with Crippen molar-refractivity contribution in [2.75, 3.05) is 6.61 Å². The Morgan fingerprint density at radius 3 is 2.23 bits per heavy atom. The van der Waals surface area contributed by atoms with E-state index < -0.39 is 8.32 Å². The number of nitrogens with two attached hydrogens (primary N) is 1. The summed E-state index contributed by atoms with van der Waals surface area (Å²) >= 11 is 5.98. The maximum absolute atomic E-state index is 6.52. The second kappa shape index (κ2) is 6.27. The van der Waals surface area contributed by atoms with E-state index in [0.717, 1.165) is 30.9 Å². The maximum atomic E-state index is 6.52. The molecule has 2 rings (SSSR count). The smallest absolute Gasteiger partial charge is 0.191 e. The molecule has 4 heteroatoms. The van der Waals surface area contributed by atoms with Gasteiger partial charge in [0, 0.05) is 23.1 Å². The Morgan fingerprint density at radius 1 is 1.23 bits per heavy atom. The van der Waals surface area contributed by atoms with E-state index in [9.17, 15) is 0 Å². The van der Waals surface area contributed by atoms with Gasteiger partial charge >= 0.3 is 0 Å². The second-order valence-electron chi connectivity index (χ2n) is 8.33. The van der Waals surface area contributed by atoms with Crippen LogP contribution in [0.2, 0.25) is 23.2 Å². The van der Waals surface area contributed by atoms with Crippen molar-refractivity contribution >= 4 is 19.9 Å². The predicted octanol–water partition coefficient (Wildman–Crippen LogP) is 5.01. The van der Waals surface area contributed by atoms with Crippen LogP contribution in [-0.4, -0.2) is 20.5 Å². The lowest BCUT2D eigenvalue weighted by atomic mass is 9.91. The first-order valence-corrected chi connectivity index (χ1v) is 11.5. The molecular formula is C18H30ClNOSi. The Bertz CT molecular complexity index is 503. The van der Waals surface area contributed by atoms with Crippen LogP contribution in [0, 0.1) is 5.92 Å². The normalized spacial score (nSPS) is 19.0. The quantitative estimate of drug-likeness (QED) is 0.739. The summed E-state index contributed by atoms with van der Waals surface area (Å²) in [5.41, 5.74) is 7.79. The third-order valence-electron chi connectivity index (χ3n) is 5.49. The number of benzene rings is 1. The van der Waals surface area contributed by atoms with Crippen molar-refractivity contribution in [1.29, 1.82) is 0 Å². The van der Waals surface area contributed by atoms with Crippen molar-refractivity contribution in [3.63, 3.8) is 0 Å². The highest BCUT2D eigenvalue weighted by Gasteiger charge is 2.47. The van der Waals surface area contributed by atoms with Crippen molar-refractivity contribution in [1.82, 2.24) is 0 Å². The highest BCUT2D eigenvalue weighted by molar-refractivity contribution is 6.74. The van der Waals surface area contributed by atoms with Crippen molar-refractivity contribution in [2.45, 2.75) is 63.7 Å². The summed E-state index contributed by atoms with van der Waals surface area (Å²) in [6.45, 7) is 12.2. The molecule has 0 aliphatic heterocycles. The third-order valence-corrected chi connectivity index (χ3v) is 10.2. The van der Waals surface area contributed by atoms with Gasteiger partial charge in [-0.2, -0.15) is 0 Å². The van der Waals surface area contributed by atoms with Gasteiger partial charge in [0.2, 0.25) is 0 Å². The third kappa shape index (κ3) is 4.35. The van der Waals surface area contributed by atoms with Gasteiger partial charge in [-0.3, -0.25) is 0 Å². The minimum Gasteiger partial charge on any atom is -0.416 e. The van der Waals surface area contributed by atoms with E-state index in [1.807, 2.05) is 12.1 Å². The molecule has 0 amide bonds. The zero-order chi connectivity index (χ0) is 16.6. The Morgan fingerprint density at radius 2 is 1.77 bits per heavy atom. The summed E-state index contributed by atoms with van der Waals surface area (Å²) in [4.78, 5) is 0. The molecule has 0 saturated heterocycles. The lowest BCUT2D eigenvalue weighted by Gasteiger charge is -2.38. The van der Waals surface area contributed by atoms with Gasteiger partial charge in [0.25, 0.3) is 0 Å². The van der Waals surface area contributed by atoms with Gasteiger partial charge < -0.3 is 10.2 Å². The van der Waals surface area contributed by atoms with Crippen LogP contribution in [0.25, 0.3) is 0 Å². The van der Waals surface area contributed by atoms with Crippen LogP contribution >= 0.6 is 11.6 Å². The van der Waals surface area contributed by atoms with Gasteiger partial charge in [0.05, 0.1) is 0 Å². The molecule has 2 N–H and O–H groups in total. The molecule has 0 spiro atoms. The molecule has 0 radical (unpaired) electrons. The van der Waals surface area contributed by atoms with E-state index in [-0.39, 0.29) is 10.6 Å².